The fourth-order valence-electron chi connectivity index (χ4n) is 3.73. The van der Waals surface area contributed by atoms with Gasteiger partial charge in [0.2, 0.25) is 5.91 Å². The molecule has 1 amide bonds. The Kier molecular flexibility index (Phi) is 5.65. The lowest BCUT2D eigenvalue weighted by atomic mass is 10.1. The van der Waals surface area contributed by atoms with E-state index in [-0.39, 0.29) is 23.9 Å². The van der Waals surface area contributed by atoms with Gasteiger partial charge in [-0.3, -0.25) is 14.2 Å². The Morgan fingerprint density at radius 1 is 1.20 bits per heavy atom. The first kappa shape index (κ1) is 19.9. The Bertz CT molecular complexity index is 1240. The predicted octanol–water partition coefficient (Wildman–Crippen LogP) is 3.71. The first-order valence-electron chi connectivity index (χ1n) is 10.3. The van der Waals surface area contributed by atoms with Crippen molar-refractivity contribution in [2.24, 2.45) is 0 Å². The van der Waals surface area contributed by atoms with Crippen LogP contribution in [-0.2, 0) is 17.8 Å². The molecule has 2 heterocycles. The summed E-state index contributed by atoms with van der Waals surface area (Å²) in [4.78, 5) is 32.8. The van der Waals surface area contributed by atoms with E-state index in [4.69, 9.17) is 0 Å². The van der Waals surface area contributed by atoms with E-state index in [0.29, 0.717) is 17.6 Å². The van der Waals surface area contributed by atoms with Crippen LogP contribution in [0.3, 0.4) is 0 Å². The quantitative estimate of drug-likeness (QED) is 0.494. The minimum absolute atomic E-state index is 0.0603. The molecular weight excluding hydrogens is 376 g/mol. The highest BCUT2D eigenvalue weighted by Gasteiger charge is 2.13. The molecule has 0 bridgehead atoms. The lowest BCUT2D eigenvalue weighted by molar-refractivity contribution is -0.121. The summed E-state index contributed by atoms with van der Waals surface area (Å²) in [5, 5.41) is 3.97. The van der Waals surface area contributed by atoms with Gasteiger partial charge in [0, 0.05) is 29.9 Å². The standard InChI is InChI=1S/C24H26N4O2/c1-16-8-11-20-19(14-16)22-23(27-20)24(30)28(15-25-22)13-12-21(29)26-17(2)9-10-18-6-4-3-5-7-18/h3-8,11,14-15,17,27H,9-10,12-13H2,1-2H3,(H,26,29)/t17-/m0/s1. The summed E-state index contributed by atoms with van der Waals surface area (Å²) in [6.07, 6.45) is 3.56. The van der Waals surface area contributed by atoms with E-state index in [9.17, 15) is 9.59 Å². The molecule has 4 aromatic rings. The molecule has 0 aliphatic rings. The van der Waals surface area contributed by atoms with Gasteiger partial charge in [-0.05, 0) is 44.4 Å². The van der Waals surface area contributed by atoms with Crippen LogP contribution in [0.1, 0.15) is 30.9 Å². The van der Waals surface area contributed by atoms with Crippen molar-refractivity contribution in [1.29, 1.82) is 0 Å². The highest BCUT2D eigenvalue weighted by Crippen LogP contribution is 2.22. The van der Waals surface area contributed by atoms with E-state index in [2.05, 4.69) is 27.4 Å². The first-order chi connectivity index (χ1) is 14.5. The molecule has 6 heteroatoms. The Hall–Kier alpha value is -3.41. The van der Waals surface area contributed by atoms with Crippen LogP contribution in [0.15, 0.2) is 59.7 Å². The zero-order valence-corrected chi connectivity index (χ0v) is 17.3. The van der Waals surface area contributed by atoms with Crippen LogP contribution in [0.5, 0.6) is 0 Å². The fourth-order valence-corrected chi connectivity index (χ4v) is 3.73. The minimum atomic E-state index is -0.154. The molecule has 0 fully saturated rings. The van der Waals surface area contributed by atoms with Crippen LogP contribution in [0.4, 0.5) is 0 Å². The van der Waals surface area contributed by atoms with Gasteiger partial charge < -0.3 is 10.3 Å². The van der Waals surface area contributed by atoms with Crippen molar-refractivity contribution in [3.8, 4) is 0 Å². The summed E-state index contributed by atoms with van der Waals surface area (Å²) in [5.74, 6) is -0.0603. The largest absolute Gasteiger partial charge is 0.354 e. The SMILES string of the molecule is Cc1ccc2[nH]c3c(=O)n(CCC(=O)N[C@@H](C)CCc4ccccc4)cnc3c2c1. The number of carbonyl (C=O) groups excluding carboxylic acids is 1. The summed E-state index contributed by atoms with van der Waals surface area (Å²) in [5.41, 5.74) is 4.27. The Labute approximate surface area is 175 Å². The van der Waals surface area contributed by atoms with Gasteiger partial charge in [-0.25, -0.2) is 4.98 Å². The van der Waals surface area contributed by atoms with Gasteiger partial charge in [0.25, 0.3) is 5.56 Å². The Balaban J connectivity index is 1.38. The molecule has 0 saturated heterocycles. The van der Waals surface area contributed by atoms with E-state index < -0.39 is 0 Å². The number of aryl methyl sites for hydroxylation is 3. The van der Waals surface area contributed by atoms with E-state index >= 15 is 0 Å². The van der Waals surface area contributed by atoms with Crippen LogP contribution in [0, 0.1) is 6.92 Å². The second-order valence-electron chi connectivity index (χ2n) is 7.88. The number of H-pyrrole nitrogens is 1. The molecule has 0 saturated carbocycles. The van der Waals surface area contributed by atoms with Crippen molar-refractivity contribution >= 4 is 27.8 Å². The maximum atomic E-state index is 12.8. The molecule has 1 atom stereocenters. The van der Waals surface area contributed by atoms with Gasteiger partial charge in [0.1, 0.15) is 11.0 Å². The molecule has 4 rings (SSSR count). The van der Waals surface area contributed by atoms with Crippen molar-refractivity contribution < 1.29 is 4.79 Å². The molecule has 0 aliphatic heterocycles. The number of hydrogen-bond donors (Lipinski definition) is 2. The highest BCUT2D eigenvalue weighted by atomic mass is 16.2. The summed E-state index contributed by atoms with van der Waals surface area (Å²) in [6, 6.07) is 16.3. The number of nitrogens with one attached hydrogen (secondary N) is 2. The Morgan fingerprint density at radius 3 is 2.80 bits per heavy atom. The summed E-state index contributed by atoms with van der Waals surface area (Å²) >= 11 is 0. The third-order valence-corrected chi connectivity index (χ3v) is 5.42. The average molecular weight is 402 g/mol. The molecule has 0 unspecified atom stereocenters. The van der Waals surface area contributed by atoms with Crippen LogP contribution < -0.4 is 10.9 Å². The molecule has 0 radical (unpaired) electrons. The number of nitrogens with zero attached hydrogens (tertiary/aromatic N) is 2. The number of aromatic amines is 1. The van der Waals surface area contributed by atoms with E-state index in [1.807, 2.05) is 50.2 Å². The topological polar surface area (TPSA) is 79.8 Å². The van der Waals surface area contributed by atoms with Gasteiger partial charge in [-0.2, -0.15) is 0 Å². The van der Waals surface area contributed by atoms with Gasteiger partial charge in [0.05, 0.1) is 6.33 Å². The lowest BCUT2D eigenvalue weighted by Crippen LogP contribution is -2.34. The van der Waals surface area contributed by atoms with E-state index in [1.165, 1.54) is 16.5 Å². The highest BCUT2D eigenvalue weighted by molar-refractivity contribution is 6.04. The molecule has 2 N–H and O–H groups in total. The monoisotopic (exact) mass is 402 g/mol. The molecule has 2 aromatic heterocycles. The number of benzene rings is 2. The number of amides is 1. The second kappa shape index (κ2) is 8.53. The molecule has 2 aromatic carbocycles. The normalized spacial score (nSPS) is 12.3. The Morgan fingerprint density at radius 2 is 2.00 bits per heavy atom. The molecule has 0 aliphatic carbocycles. The number of aromatic nitrogens is 3. The third-order valence-electron chi connectivity index (χ3n) is 5.42. The first-order valence-corrected chi connectivity index (χ1v) is 10.3. The number of carbonyl (C=O) groups is 1. The van der Waals surface area contributed by atoms with E-state index in [0.717, 1.165) is 29.3 Å². The number of hydrogen-bond acceptors (Lipinski definition) is 3. The summed E-state index contributed by atoms with van der Waals surface area (Å²) in [6.45, 7) is 4.32. The third kappa shape index (κ3) is 4.27. The maximum absolute atomic E-state index is 12.8. The molecule has 0 spiro atoms. The lowest BCUT2D eigenvalue weighted by Gasteiger charge is -2.14. The minimum Gasteiger partial charge on any atom is -0.354 e. The van der Waals surface area contributed by atoms with Gasteiger partial charge in [-0.15, -0.1) is 0 Å². The van der Waals surface area contributed by atoms with Crippen molar-refractivity contribution in [1.82, 2.24) is 19.9 Å². The van der Waals surface area contributed by atoms with Crippen molar-refractivity contribution in [3.63, 3.8) is 0 Å². The van der Waals surface area contributed by atoms with E-state index in [1.54, 1.807) is 0 Å². The fraction of sp³-hybridized carbons (Fsp3) is 0.292. The number of fused-ring (bicyclic) bond motifs is 3. The predicted molar refractivity (Wildman–Crippen MR) is 120 cm³/mol. The zero-order chi connectivity index (χ0) is 21.1. The molecule has 154 valence electrons. The zero-order valence-electron chi connectivity index (χ0n) is 17.3. The summed E-state index contributed by atoms with van der Waals surface area (Å²) in [7, 11) is 0. The smallest absolute Gasteiger partial charge is 0.277 e. The van der Waals surface area contributed by atoms with Gasteiger partial charge >= 0.3 is 0 Å². The average Bonchev–Trinajstić information content (AvgIpc) is 3.11. The van der Waals surface area contributed by atoms with Crippen molar-refractivity contribution in [2.75, 3.05) is 0 Å². The van der Waals surface area contributed by atoms with Crippen molar-refractivity contribution in [2.45, 2.75) is 45.7 Å². The molecular formula is C24H26N4O2. The van der Waals surface area contributed by atoms with Crippen LogP contribution >= 0.6 is 0 Å². The number of rotatable bonds is 7. The van der Waals surface area contributed by atoms with Crippen LogP contribution in [0.2, 0.25) is 0 Å². The molecule has 6 nitrogen and oxygen atoms in total. The van der Waals surface area contributed by atoms with Crippen LogP contribution in [0.25, 0.3) is 21.9 Å². The van der Waals surface area contributed by atoms with Gasteiger partial charge in [-0.1, -0.05) is 42.0 Å². The maximum Gasteiger partial charge on any atom is 0.277 e. The second-order valence-corrected chi connectivity index (χ2v) is 7.88. The summed E-state index contributed by atoms with van der Waals surface area (Å²) < 4.78 is 1.50. The van der Waals surface area contributed by atoms with Crippen molar-refractivity contribution in [3.05, 3.63) is 76.3 Å². The van der Waals surface area contributed by atoms with Gasteiger partial charge in [0.15, 0.2) is 0 Å². The molecule has 30 heavy (non-hydrogen) atoms. The van der Waals surface area contributed by atoms with Crippen LogP contribution in [-0.4, -0.2) is 26.5 Å².